The van der Waals surface area contributed by atoms with E-state index in [0.717, 1.165) is 12.2 Å². The second kappa shape index (κ2) is 8.01. The lowest BCUT2D eigenvalue weighted by Crippen LogP contribution is -2.25. The fourth-order valence-corrected chi connectivity index (χ4v) is 0.617. The van der Waals surface area contributed by atoms with Gasteiger partial charge in [0, 0.05) is 12.2 Å². The lowest BCUT2D eigenvalue weighted by atomic mass is 10.1. The molecule has 0 fully saturated rings. The molecule has 6 nitrogen and oxygen atoms in total. The van der Waals surface area contributed by atoms with E-state index in [1.165, 1.54) is 0 Å². The van der Waals surface area contributed by atoms with Crippen molar-refractivity contribution in [3.63, 3.8) is 0 Å². The van der Waals surface area contributed by atoms with E-state index in [1.807, 2.05) is 13.8 Å². The van der Waals surface area contributed by atoms with Gasteiger partial charge in [0.2, 0.25) is 0 Å². The third-order valence-electron chi connectivity index (χ3n) is 2.76. The standard InChI is InChI=1S/C14H24O6/c1-7-13(3,4)19-17-11(15)9-10-12(16)18-20-14(5,6)8-2/h9-10H,7-8H2,1-6H3. The lowest BCUT2D eigenvalue weighted by molar-refractivity contribution is -0.323. The SMILES string of the molecule is CCC(C)(C)OOC(=O)C=CC(=O)OOC(C)(C)CC. The van der Waals surface area contributed by atoms with Crippen molar-refractivity contribution in [1.29, 1.82) is 0 Å². The van der Waals surface area contributed by atoms with Crippen molar-refractivity contribution in [2.75, 3.05) is 0 Å². The highest BCUT2D eigenvalue weighted by atomic mass is 17.2. The van der Waals surface area contributed by atoms with Gasteiger partial charge in [0.05, 0.1) is 0 Å². The van der Waals surface area contributed by atoms with Gasteiger partial charge in [-0.25, -0.2) is 9.59 Å². The van der Waals surface area contributed by atoms with Crippen LogP contribution in [0.3, 0.4) is 0 Å². The summed E-state index contributed by atoms with van der Waals surface area (Å²) in [5.41, 5.74) is -1.14. The van der Waals surface area contributed by atoms with Crippen LogP contribution in [0.1, 0.15) is 54.4 Å². The molecule has 0 aromatic heterocycles. The number of carbonyl (C=O) groups is 2. The molecule has 6 heteroatoms. The second-order valence-electron chi connectivity index (χ2n) is 5.53. The summed E-state index contributed by atoms with van der Waals surface area (Å²) in [4.78, 5) is 41.5. The van der Waals surface area contributed by atoms with E-state index in [2.05, 4.69) is 9.78 Å². The summed E-state index contributed by atoms with van der Waals surface area (Å²) < 4.78 is 0. The Morgan fingerprint density at radius 1 is 0.800 bits per heavy atom. The van der Waals surface area contributed by atoms with Crippen LogP contribution in [-0.2, 0) is 29.1 Å². The Balaban J connectivity index is 4.10. The highest BCUT2D eigenvalue weighted by Crippen LogP contribution is 2.14. The molecule has 0 aliphatic carbocycles. The minimum absolute atomic E-state index is 0.571. The summed E-state index contributed by atoms with van der Waals surface area (Å²) in [5.74, 6) is -1.59. The predicted octanol–water partition coefficient (Wildman–Crippen LogP) is 2.87. The molecule has 0 aliphatic heterocycles. The lowest BCUT2D eigenvalue weighted by Gasteiger charge is -2.20. The third-order valence-corrected chi connectivity index (χ3v) is 2.76. The fourth-order valence-electron chi connectivity index (χ4n) is 0.617. The molecule has 20 heavy (non-hydrogen) atoms. The first-order chi connectivity index (χ1) is 9.12. The van der Waals surface area contributed by atoms with E-state index in [4.69, 9.17) is 9.78 Å². The zero-order chi connectivity index (χ0) is 15.8. The molecule has 0 spiro atoms. The van der Waals surface area contributed by atoms with Crippen LogP contribution in [-0.4, -0.2) is 23.1 Å². The summed E-state index contributed by atoms with van der Waals surface area (Å²) in [5, 5.41) is 0. The van der Waals surface area contributed by atoms with Gasteiger partial charge in [-0.05, 0) is 40.5 Å². The first-order valence-electron chi connectivity index (χ1n) is 6.59. The minimum Gasteiger partial charge on any atom is -0.293 e. The molecule has 0 amide bonds. The van der Waals surface area contributed by atoms with Crippen molar-refractivity contribution in [3.8, 4) is 0 Å². The molecule has 116 valence electrons. The Hall–Kier alpha value is -1.40. The summed E-state index contributed by atoms with van der Waals surface area (Å²) >= 11 is 0. The topological polar surface area (TPSA) is 71.1 Å². The van der Waals surface area contributed by atoms with Gasteiger partial charge in [0.25, 0.3) is 0 Å². The monoisotopic (exact) mass is 288 g/mol. The predicted molar refractivity (Wildman–Crippen MR) is 72.2 cm³/mol. The smallest absolute Gasteiger partial charge is 0.293 e. The molecule has 0 aromatic carbocycles. The molecule has 0 aromatic rings. The molecule has 0 rings (SSSR count). The van der Waals surface area contributed by atoms with Crippen molar-refractivity contribution in [2.45, 2.75) is 65.6 Å². The van der Waals surface area contributed by atoms with Gasteiger partial charge in [-0.1, -0.05) is 13.8 Å². The Bertz CT molecular complexity index is 323. The second-order valence-corrected chi connectivity index (χ2v) is 5.53. The van der Waals surface area contributed by atoms with E-state index >= 15 is 0 Å². The van der Waals surface area contributed by atoms with E-state index in [1.54, 1.807) is 27.7 Å². The highest BCUT2D eigenvalue weighted by molar-refractivity contribution is 5.91. The quantitative estimate of drug-likeness (QED) is 0.388. The van der Waals surface area contributed by atoms with Crippen LogP contribution >= 0.6 is 0 Å². The van der Waals surface area contributed by atoms with Gasteiger partial charge in [0.15, 0.2) is 0 Å². The molecular formula is C14H24O6. The molecule has 0 unspecified atom stereocenters. The van der Waals surface area contributed by atoms with Crippen LogP contribution in [0.2, 0.25) is 0 Å². The summed E-state index contributed by atoms with van der Waals surface area (Å²) in [7, 11) is 0. The molecule has 0 saturated carbocycles. The molecule has 0 N–H and O–H groups in total. The molecule has 0 saturated heterocycles. The van der Waals surface area contributed by atoms with Gasteiger partial charge in [-0.3, -0.25) is 9.78 Å². The van der Waals surface area contributed by atoms with Gasteiger partial charge < -0.3 is 0 Å². The van der Waals surface area contributed by atoms with Gasteiger partial charge in [0.1, 0.15) is 11.2 Å². The first-order valence-corrected chi connectivity index (χ1v) is 6.59. The van der Waals surface area contributed by atoms with Crippen LogP contribution in [0.5, 0.6) is 0 Å². The Morgan fingerprint density at radius 2 is 1.10 bits per heavy atom. The van der Waals surface area contributed by atoms with Crippen molar-refractivity contribution in [2.24, 2.45) is 0 Å². The van der Waals surface area contributed by atoms with Crippen LogP contribution < -0.4 is 0 Å². The Kier molecular flexibility index (Phi) is 7.45. The number of carbonyl (C=O) groups excluding carboxylic acids is 2. The highest BCUT2D eigenvalue weighted by Gasteiger charge is 2.20. The number of rotatable bonds is 8. The van der Waals surface area contributed by atoms with E-state index < -0.39 is 23.1 Å². The van der Waals surface area contributed by atoms with Crippen molar-refractivity contribution < 1.29 is 29.1 Å². The van der Waals surface area contributed by atoms with Crippen molar-refractivity contribution in [1.82, 2.24) is 0 Å². The van der Waals surface area contributed by atoms with Gasteiger partial charge in [-0.15, -0.1) is 0 Å². The normalized spacial score (nSPS) is 12.5. The summed E-state index contributed by atoms with van der Waals surface area (Å²) in [6.07, 6.45) is 3.17. The molecule has 0 atom stereocenters. The average Bonchev–Trinajstić information content (AvgIpc) is 2.40. The van der Waals surface area contributed by atoms with E-state index in [-0.39, 0.29) is 0 Å². The van der Waals surface area contributed by atoms with Crippen LogP contribution in [0.4, 0.5) is 0 Å². The maximum absolute atomic E-state index is 11.3. The van der Waals surface area contributed by atoms with Crippen molar-refractivity contribution in [3.05, 3.63) is 12.2 Å². The zero-order valence-corrected chi connectivity index (χ0v) is 13.0. The number of hydrogen-bond acceptors (Lipinski definition) is 6. The molecule has 0 heterocycles. The zero-order valence-electron chi connectivity index (χ0n) is 13.0. The largest absolute Gasteiger partial charge is 0.366 e. The van der Waals surface area contributed by atoms with Crippen LogP contribution in [0.25, 0.3) is 0 Å². The maximum atomic E-state index is 11.3. The Labute approximate surface area is 119 Å². The Morgan fingerprint density at radius 3 is 1.35 bits per heavy atom. The van der Waals surface area contributed by atoms with Gasteiger partial charge >= 0.3 is 11.9 Å². The fraction of sp³-hybridized carbons (Fsp3) is 0.714. The molecule has 0 bridgehead atoms. The summed E-state index contributed by atoms with van der Waals surface area (Å²) in [6.45, 7) is 10.9. The third kappa shape index (κ3) is 8.66. The molecular weight excluding hydrogens is 264 g/mol. The van der Waals surface area contributed by atoms with E-state index in [9.17, 15) is 9.59 Å². The molecule has 0 radical (unpaired) electrons. The minimum atomic E-state index is -0.793. The number of hydrogen-bond donors (Lipinski definition) is 0. The summed E-state index contributed by atoms with van der Waals surface area (Å²) in [6, 6.07) is 0. The van der Waals surface area contributed by atoms with Crippen LogP contribution in [0, 0.1) is 0 Å². The maximum Gasteiger partial charge on any atom is 0.366 e. The van der Waals surface area contributed by atoms with Gasteiger partial charge in [-0.2, -0.15) is 9.78 Å². The van der Waals surface area contributed by atoms with Crippen LogP contribution in [0.15, 0.2) is 12.2 Å². The molecule has 0 aliphatic rings. The van der Waals surface area contributed by atoms with E-state index in [0.29, 0.717) is 12.8 Å². The first kappa shape index (κ1) is 18.6. The van der Waals surface area contributed by atoms with Crippen molar-refractivity contribution >= 4 is 11.9 Å². The average molecular weight is 288 g/mol.